The molecule has 184 valence electrons. The number of piperidine rings is 1. The van der Waals surface area contributed by atoms with Crippen molar-refractivity contribution in [1.82, 2.24) is 25.7 Å². The monoisotopic (exact) mass is 485 g/mol. The minimum atomic E-state index is -2.80. The van der Waals surface area contributed by atoms with Crippen molar-refractivity contribution in [3.63, 3.8) is 0 Å². The highest BCUT2D eigenvalue weighted by atomic mass is 19.2. The summed E-state index contributed by atoms with van der Waals surface area (Å²) >= 11 is 0. The molecule has 2 aliphatic rings. The Balaban J connectivity index is 1.41. The Morgan fingerprint density at radius 2 is 1.86 bits per heavy atom. The number of aromatic hydroxyl groups is 1. The smallest absolute Gasteiger partial charge is 0.233 e. The highest BCUT2D eigenvalue weighted by molar-refractivity contribution is 5.75. The van der Waals surface area contributed by atoms with Crippen molar-refractivity contribution >= 4 is 5.82 Å². The molecule has 0 saturated carbocycles. The summed E-state index contributed by atoms with van der Waals surface area (Å²) in [6.45, 7) is 4.47. The number of halogens is 2. The summed E-state index contributed by atoms with van der Waals surface area (Å²) in [5.74, 6) is -2.99. The molecule has 2 N–H and O–H groups in total. The first-order valence-corrected chi connectivity index (χ1v) is 11.4. The fourth-order valence-corrected chi connectivity index (χ4v) is 5.54. The van der Waals surface area contributed by atoms with Crippen LogP contribution in [0.25, 0.3) is 22.4 Å². The van der Waals surface area contributed by atoms with Gasteiger partial charge in [0.05, 0.1) is 28.6 Å². The van der Waals surface area contributed by atoms with E-state index in [9.17, 15) is 5.11 Å². The van der Waals surface area contributed by atoms with Crippen LogP contribution in [-0.2, 0) is 0 Å². The van der Waals surface area contributed by atoms with Crippen LogP contribution in [0.1, 0.15) is 43.6 Å². The predicted molar refractivity (Wildman–Crippen MR) is 127 cm³/mol. The van der Waals surface area contributed by atoms with E-state index in [0.717, 1.165) is 44.0 Å². The van der Waals surface area contributed by atoms with Gasteiger partial charge in [-0.1, -0.05) is 0 Å². The molecule has 35 heavy (non-hydrogen) atoms. The van der Waals surface area contributed by atoms with Gasteiger partial charge in [-0.3, -0.25) is 0 Å². The highest BCUT2D eigenvalue weighted by Crippen LogP contribution is 2.44. The first-order valence-electron chi connectivity index (χ1n) is 12.9. The fourth-order valence-electron chi connectivity index (χ4n) is 5.54. The van der Waals surface area contributed by atoms with Crippen LogP contribution < -0.4 is 15.0 Å². The number of hydrogen-bond acceptors (Lipinski definition) is 8. The average Bonchev–Trinajstić information content (AvgIpc) is 3.07. The van der Waals surface area contributed by atoms with Gasteiger partial charge in [-0.25, -0.2) is 8.78 Å². The molecule has 5 rings (SSSR count). The van der Waals surface area contributed by atoms with Crippen molar-refractivity contribution in [2.75, 3.05) is 19.0 Å². The standard InChI is InChI=1S/C25H28F2N6O2/c1-24-7-8-25(2,32-24)12-15(11-24)33(3)19-6-5-17(29-30-19)21-18(34)10-16(22(26)23(21)27)14-9-20(35-4)31-28-13-14/h5-6,9-10,13,15,32,34H,7-8,11-12H2,1-4H3/t15?,24-,25+/i4D3. The first kappa shape index (κ1) is 19.9. The second kappa shape index (κ2) is 8.37. The van der Waals surface area contributed by atoms with Crippen LogP contribution in [0.5, 0.6) is 11.6 Å². The summed E-state index contributed by atoms with van der Waals surface area (Å²) in [6, 6.07) is 5.51. The molecule has 2 aromatic heterocycles. The SMILES string of the molecule is [2H]C([2H])([2H])Oc1cc(-c2cc(O)c(-c3ccc(N(C)C4C[C@]5(C)CC[C@](C)(C4)N5)nn3)c(F)c2F)cnn1. The van der Waals surface area contributed by atoms with Gasteiger partial charge in [0.1, 0.15) is 5.75 Å². The lowest BCUT2D eigenvalue weighted by Gasteiger charge is -2.45. The number of phenols is 1. The van der Waals surface area contributed by atoms with Gasteiger partial charge in [0.25, 0.3) is 0 Å². The van der Waals surface area contributed by atoms with Crippen molar-refractivity contribution in [2.45, 2.75) is 56.7 Å². The van der Waals surface area contributed by atoms with Crippen molar-refractivity contribution in [3.8, 4) is 34.0 Å². The molecule has 1 unspecified atom stereocenters. The maximum Gasteiger partial charge on any atom is 0.233 e. The third kappa shape index (κ3) is 4.16. The number of nitrogens with zero attached hydrogens (tertiary/aromatic N) is 5. The van der Waals surface area contributed by atoms with Gasteiger partial charge < -0.3 is 20.1 Å². The number of ether oxygens (including phenoxy) is 1. The number of aromatic nitrogens is 4. The van der Waals surface area contributed by atoms with Crippen molar-refractivity contribution in [1.29, 1.82) is 0 Å². The third-order valence-electron chi connectivity index (χ3n) is 7.25. The molecule has 4 heterocycles. The topological polar surface area (TPSA) is 96.3 Å². The molecule has 3 atom stereocenters. The minimum Gasteiger partial charge on any atom is -0.507 e. The van der Waals surface area contributed by atoms with Gasteiger partial charge in [-0.05, 0) is 57.7 Å². The van der Waals surface area contributed by atoms with Gasteiger partial charge in [0.15, 0.2) is 17.5 Å². The van der Waals surface area contributed by atoms with E-state index < -0.39 is 35.9 Å². The molecule has 10 heteroatoms. The number of benzene rings is 1. The second-order valence-electron chi connectivity index (χ2n) is 10.0. The number of methoxy groups -OCH3 is 1. The van der Waals surface area contributed by atoms with Gasteiger partial charge in [-0.15, -0.1) is 15.3 Å². The Bertz CT molecular complexity index is 1360. The molecular formula is C25H28F2N6O2. The quantitative estimate of drug-likeness (QED) is 0.558. The minimum absolute atomic E-state index is 0.0288. The van der Waals surface area contributed by atoms with Crippen molar-refractivity contribution < 1.29 is 22.7 Å². The zero-order chi connectivity index (χ0) is 27.5. The van der Waals surface area contributed by atoms with Gasteiger partial charge in [0.2, 0.25) is 5.88 Å². The van der Waals surface area contributed by atoms with E-state index in [2.05, 4.69) is 49.2 Å². The molecule has 0 spiro atoms. The van der Waals surface area contributed by atoms with Crippen LogP contribution in [-0.4, -0.2) is 56.7 Å². The predicted octanol–water partition coefficient (Wildman–Crippen LogP) is 4.09. The highest BCUT2D eigenvalue weighted by Gasteiger charge is 2.49. The summed E-state index contributed by atoms with van der Waals surface area (Å²) in [7, 11) is -0.851. The molecule has 2 aliphatic heterocycles. The Kier molecular flexibility index (Phi) is 4.75. The maximum atomic E-state index is 15.2. The zero-order valence-corrected chi connectivity index (χ0v) is 19.6. The molecule has 8 nitrogen and oxygen atoms in total. The van der Waals surface area contributed by atoms with Crippen LogP contribution in [0.15, 0.2) is 30.5 Å². The van der Waals surface area contributed by atoms with E-state index in [1.807, 2.05) is 7.05 Å². The molecule has 0 amide bonds. The summed E-state index contributed by atoms with van der Waals surface area (Å²) in [4.78, 5) is 2.06. The Morgan fingerprint density at radius 3 is 2.51 bits per heavy atom. The molecule has 0 radical (unpaired) electrons. The molecule has 2 fully saturated rings. The molecule has 2 bridgehead atoms. The molecule has 0 aliphatic carbocycles. The lowest BCUT2D eigenvalue weighted by atomic mass is 9.84. The number of nitrogens with one attached hydrogen (secondary N) is 1. The van der Waals surface area contributed by atoms with Gasteiger partial charge in [-0.2, -0.15) is 5.10 Å². The van der Waals surface area contributed by atoms with Crippen LogP contribution in [0.3, 0.4) is 0 Å². The van der Waals surface area contributed by atoms with Gasteiger partial charge in [0, 0.05) is 41.4 Å². The normalized spacial score (nSPS) is 27.1. The molecule has 2 saturated heterocycles. The van der Waals surface area contributed by atoms with Crippen molar-refractivity contribution in [3.05, 3.63) is 42.1 Å². The summed E-state index contributed by atoms with van der Waals surface area (Å²) in [5.41, 5.74) is -0.714. The van der Waals surface area contributed by atoms with E-state index in [1.54, 1.807) is 6.07 Å². The molecular weight excluding hydrogens is 454 g/mol. The lowest BCUT2D eigenvalue weighted by molar-refractivity contribution is 0.207. The van der Waals surface area contributed by atoms with Crippen LogP contribution in [0.2, 0.25) is 0 Å². The Labute approximate surface area is 206 Å². The number of anilines is 1. The number of rotatable bonds is 5. The number of phenolic OH excluding ortho intramolecular Hbond substituents is 1. The van der Waals surface area contributed by atoms with E-state index in [0.29, 0.717) is 5.82 Å². The second-order valence-corrected chi connectivity index (χ2v) is 10.0. The first-order chi connectivity index (χ1) is 17.8. The molecule has 3 aromatic rings. The summed E-state index contributed by atoms with van der Waals surface area (Å²) in [5, 5.41) is 29.8. The average molecular weight is 486 g/mol. The Morgan fingerprint density at radius 1 is 1.11 bits per heavy atom. The Hall–Kier alpha value is -3.40. The van der Waals surface area contributed by atoms with E-state index >= 15 is 8.78 Å². The van der Waals surface area contributed by atoms with E-state index in [4.69, 9.17) is 4.11 Å². The van der Waals surface area contributed by atoms with Crippen LogP contribution >= 0.6 is 0 Å². The maximum absolute atomic E-state index is 15.2. The van der Waals surface area contributed by atoms with Gasteiger partial charge >= 0.3 is 0 Å². The van der Waals surface area contributed by atoms with Crippen molar-refractivity contribution in [2.24, 2.45) is 0 Å². The van der Waals surface area contributed by atoms with E-state index in [1.165, 1.54) is 6.07 Å². The van der Waals surface area contributed by atoms with E-state index in [-0.39, 0.29) is 33.9 Å². The number of fused-ring (bicyclic) bond motifs is 2. The third-order valence-corrected chi connectivity index (χ3v) is 7.25. The zero-order valence-electron chi connectivity index (χ0n) is 22.6. The lowest BCUT2D eigenvalue weighted by Crippen LogP contribution is -2.58. The summed E-state index contributed by atoms with van der Waals surface area (Å²) in [6.07, 6.45) is 5.23. The fraction of sp³-hybridized carbons (Fsp3) is 0.440. The molecule has 1 aromatic carbocycles. The summed E-state index contributed by atoms with van der Waals surface area (Å²) < 4.78 is 56.5. The number of hydrogen-bond donors (Lipinski definition) is 2. The van der Waals surface area contributed by atoms with Crippen LogP contribution in [0, 0.1) is 11.6 Å². The van der Waals surface area contributed by atoms with Crippen LogP contribution in [0.4, 0.5) is 14.6 Å². The largest absolute Gasteiger partial charge is 0.507 e.